The molecule has 0 aliphatic rings. The van der Waals surface area contributed by atoms with Crippen LogP contribution in [0.5, 0.6) is 0 Å². The summed E-state index contributed by atoms with van der Waals surface area (Å²) >= 11 is 5.94. The molecule has 0 spiro atoms. The SMILES string of the molecule is COCCOCCCCNc1ncc(C(=O)O)cc1Cl. The lowest BCUT2D eigenvalue weighted by Gasteiger charge is -2.08. The van der Waals surface area contributed by atoms with Gasteiger partial charge in [0.1, 0.15) is 5.82 Å². The van der Waals surface area contributed by atoms with E-state index in [4.69, 9.17) is 26.2 Å². The Morgan fingerprint density at radius 1 is 1.40 bits per heavy atom. The van der Waals surface area contributed by atoms with E-state index in [1.165, 1.54) is 12.3 Å². The number of halogens is 1. The number of aromatic nitrogens is 1. The minimum absolute atomic E-state index is 0.0760. The van der Waals surface area contributed by atoms with Crippen molar-refractivity contribution >= 4 is 23.4 Å². The van der Waals surface area contributed by atoms with Gasteiger partial charge in [-0.05, 0) is 18.9 Å². The highest BCUT2D eigenvalue weighted by atomic mass is 35.5. The number of hydrogen-bond donors (Lipinski definition) is 2. The third kappa shape index (κ3) is 6.18. The van der Waals surface area contributed by atoms with Crippen LogP contribution in [0.1, 0.15) is 23.2 Å². The molecule has 1 aromatic heterocycles. The van der Waals surface area contributed by atoms with Gasteiger partial charge in [0, 0.05) is 26.5 Å². The molecule has 0 unspecified atom stereocenters. The number of methoxy groups -OCH3 is 1. The molecule has 20 heavy (non-hydrogen) atoms. The number of nitrogens with zero attached hydrogens (tertiary/aromatic N) is 1. The number of hydrogen-bond acceptors (Lipinski definition) is 5. The number of anilines is 1. The van der Waals surface area contributed by atoms with Gasteiger partial charge in [-0.25, -0.2) is 9.78 Å². The van der Waals surface area contributed by atoms with Crippen molar-refractivity contribution in [2.45, 2.75) is 12.8 Å². The molecule has 0 aliphatic heterocycles. The first-order chi connectivity index (χ1) is 9.65. The predicted octanol–water partition coefficient (Wildman–Crippen LogP) is 2.29. The maximum atomic E-state index is 10.7. The van der Waals surface area contributed by atoms with Crippen molar-refractivity contribution in [2.24, 2.45) is 0 Å². The van der Waals surface area contributed by atoms with E-state index in [1.807, 2.05) is 0 Å². The largest absolute Gasteiger partial charge is 0.478 e. The molecule has 2 N–H and O–H groups in total. The molecule has 7 heteroatoms. The molecule has 1 heterocycles. The van der Waals surface area contributed by atoms with Gasteiger partial charge < -0.3 is 19.9 Å². The molecule has 0 fully saturated rings. The summed E-state index contributed by atoms with van der Waals surface area (Å²) in [7, 11) is 1.64. The van der Waals surface area contributed by atoms with Crippen molar-refractivity contribution in [3.63, 3.8) is 0 Å². The zero-order valence-electron chi connectivity index (χ0n) is 11.4. The lowest BCUT2D eigenvalue weighted by Crippen LogP contribution is -2.08. The zero-order valence-corrected chi connectivity index (χ0v) is 12.2. The van der Waals surface area contributed by atoms with Gasteiger partial charge >= 0.3 is 5.97 Å². The highest BCUT2D eigenvalue weighted by Gasteiger charge is 2.07. The van der Waals surface area contributed by atoms with Crippen LogP contribution in [0.2, 0.25) is 5.02 Å². The second kappa shape index (κ2) is 9.52. The number of carboxylic acid groups (broad SMARTS) is 1. The van der Waals surface area contributed by atoms with Gasteiger partial charge in [-0.2, -0.15) is 0 Å². The average molecular weight is 303 g/mol. The summed E-state index contributed by atoms with van der Waals surface area (Å²) in [5, 5.41) is 12.2. The quantitative estimate of drug-likeness (QED) is 0.645. The lowest BCUT2D eigenvalue weighted by molar-refractivity contribution is 0.0690. The molecule has 0 bridgehead atoms. The summed E-state index contributed by atoms with van der Waals surface area (Å²) in [6.45, 7) is 2.60. The molecule has 1 rings (SSSR count). The molecule has 0 aliphatic carbocycles. The fourth-order valence-electron chi connectivity index (χ4n) is 1.47. The number of ether oxygens (including phenoxy) is 2. The molecular formula is C13H19ClN2O4. The molecule has 0 atom stereocenters. The summed E-state index contributed by atoms with van der Waals surface area (Å²) in [6.07, 6.45) is 3.11. The molecule has 112 valence electrons. The number of rotatable bonds is 10. The lowest BCUT2D eigenvalue weighted by atomic mass is 10.3. The fourth-order valence-corrected chi connectivity index (χ4v) is 1.70. The van der Waals surface area contributed by atoms with Crippen molar-refractivity contribution in [2.75, 3.05) is 38.8 Å². The third-order valence-corrected chi connectivity index (χ3v) is 2.82. The molecule has 0 saturated heterocycles. The van der Waals surface area contributed by atoms with Gasteiger partial charge in [0.25, 0.3) is 0 Å². The third-order valence-electron chi connectivity index (χ3n) is 2.53. The summed E-state index contributed by atoms with van der Waals surface area (Å²) in [5.74, 6) is -0.545. The van der Waals surface area contributed by atoms with Gasteiger partial charge in [-0.1, -0.05) is 11.6 Å². The van der Waals surface area contributed by atoms with Crippen molar-refractivity contribution in [1.29, 1.82) is 0 Å². The van der Waals surface area contributed by atoms with Crippen LogP contribution < -0.4 is 5.32 Å². The summed E-state index contributed by atoms with van der Waals surface area (Å²) in [6, 6.07) is 1.38. The Morgan fingerprint density at radius 2 is 2.20 bits per heavy atom. The summed E-state index contributed by atoms with van der Waals surface area (Å²) < 4.78 is 10.2. The van der Waals surface area contributed by atoms with E-state index in [1.54, 1.807) is 7.11 Å². The van der Waals surface area contributed by atoms with Gasteiger partial charge in [0.05, 0.1) is 23.8 Å². The summed E-state index contributed by atoms with van der Waals surface area (Å²) in [5.41, 5.74) is 0.0760. The van der Waals surface area contributed by atoms with Crippen LogP contribution in [0.4, 0.5) is 5.82 Å². The van der Waals surface area contributed by atoms with E-state index >= 15 is 0 Å². The zero-order chi connectivity index (χ0) is 14.8. The minimum Gasteiger partial charge on any atom is -0.478 e. The van der Waals surface area contributed by atoms with Crippen LogP contribution in [0.25, 0.3) is 0 Å². The Kier molecular flexibility index (Phi) is 7.94. The number of pyridine rings is 1. The minimum atomic E-state index is -1.04. The van der Waals surface area contributed by atoms with Crippen LogP contribution in [0.3, 0.4) is 0 Å². The maximum absolute atomic E-state index is 10.7. The fraction of sp³-hybridized carbons (Fsp3) is 0.538. The highest BCUT2D eigenvalue weighted by Crippen LogP contribution is 2.20. The van der Waals surface area contributed by atoms with Crippen LogP contribution in [-0.4, -0.2) is 49.5 Å². The molecular weight excluding hydrogens is 284 g/mol. The number of aromatic carboxylic acids is 1. The van der Waals surface area contributed by atoms with Crippen LogP contribution in [0, 0.1) is 0 Å². The molecule has 0 aromatic carbocycles. The van der Waals surface area contributed by atoms with Crippen molar-refractivity contribution in [3.05, 3.63) is 22.8 Å². The smallest absolute Gasteiger partial charge is 0.337 e. The molecule has 1 aromatic rings. The Labute approximate surface area is 123 Å². The first kappa shape index (κ1) is 16.7. The number of unbranched alkanes of at least 4 members (excludes halogenated alkanes) is 1. The maximum Gasteiger partial charge on any atom is 0.337 e. The van der Waals surface area contributed by atoms with E-state index in [0.717, 1.165) is 12.8 Å². The Hall–Kier alpha value is -1.37. The van der Waals surface area contributed by atoms with Crippen molar-refractivity contribution in [3.8, 4) is 0 Å². The van der Waals surface area contributed by atoms with E-state index in [-0.39, 0.29) is 5.56 Å². The van der Waals surface area contributed by atoms with E-state index in [0.29, 0.717) is 37.2 Å². The Balaban J connectivity index is 2.20. The number of carbonyl (C=O) groups is 1. The number of carboxylic acids is 1. The predicted molar refractivity (Wildman–Crippen MR) is 76.6 cm³/mol. The van der Waals surface area contributed by atoms with Gasteiger partial charge in [-0.15, -0.1) is 0 Å². The van der Waals surface area contributed by atoms with E-state index in [2.05, 4.69) is 10.3 Å². The second-order valence-corrected chi connectivity index (χ2v) is 4.51. The number of nitrogens with one attached hydrogen (secondary N) is 1. The van der Waals surface area contributed by atoms with Crippen LogP contribution in [0.15, 0.2) is 12.3 Å². The van der Waals surface area contributed by atoms with Crippen molar-refractivity contribution < 1.29 is 19.4 Å². The molecule has 0 radical (unpaired) electrons. The van der Waals surface area contributed by atoms with Gasteiger partial charge in [0.2, 0.25) is 0 Å². The molecule has 0 amide bonds. The standard InChI is InChI=1S/C13H19ClN2O4/c1-19-6-7-20-5-3-2-4-15-12-11(14)8-10(9-16-12)13(17)18/h8-9H,2-7H2,1H3,(H,15,16)(H,17,18). The molecule has 6 nitrogen and oxygen atoms in total. The Bertz CT molecular complexity index is 429. The van der Waals surface area contributed by atoms with Crippen LogP contribution >= 0.6 is 11.6 Å². The topological polar surface area (TPSA) is 80.7 Å². The normalized spacial score (nSPS) is 10.5. The monoisotopic (exact) mass is 302 g/mol. The van der Waals surface area contributed by atoms with Crippen molar-refractivity contribution in [1.82, 2.24) is 4.98 Å². The van der Waals surface area contributed by atoms with E-state index < -0.39 is 5.97 Å². The average Bonchev–Trinajstić information content (AvgIpc) is 2.43. The first-order valence-corrected chi connectivity index (χ1v) is 6.72. The van der Waals surface area contributed by atoms with Gasteiger partial charge in [0.15, 0.2) is 0 Å². The Morgan fingerprint density at radius 3 is 2.85 bits per heavy atom. The van der Waals surface area contributed by atoms with E-state index in [9.17, 15) is 4.79 Å². The second-order valence-electron chi connectivity index (χ2n) is 4.10. The molecule has 0 saturated carbocycles. The van der Waals surface area contributed by atoms with Crippen LogP contribution in [-0.2, 0) is 9.47 Å². The van der Waals surface area contributed by atoms with Gasteiger partial charge in [-0.3, -0.25) is 0 Å². The summed E-state index contributed by atoms with van der Waals surface area (Å²) in [4.78, 5) is 14.7. The first-order valence-electron chi connectivity index (χ1n) is 6.34. The highest BCUT2D eigenvalue weighted by molar-refractivity contribution is 6.33.